The molecule has 2 rings (SSSR count). The van der Waals surface area contributed by atoms with Crippen molar-refractivity contribution >= 4 is 23.2 Å². The average molecular weight is 253 g/mol. The van der Waals surface area contributed by atoms with E-state index in [9.17, 15) is 4.79 Å². The van der Waals surface area contributed by atoms with Crippen LogP contribution in [0.1, 0.15) is 19.3 Å². The van der Waals surface area contributed by atoms with Crippen molar-refractivity contribution in [3.05, 3.63) is 30.3 Å². The molecule has 92 valence electrons. The van der Waals surface area contributed by atoms with Crippen LogP contribution in [-0.4, -0.2) is 23.9 Å². The summed E-state index contributed by atoms with van der Waals surface area (Å²) < 4.78 is 0. The van der Waals surface area contributed by atoms with Gasteiger partial charge in [0.25, 0.3) is 0 Å². The normalized spacial score (nSPS) is 24.3. The van der Waals surface area contributed by atoms with Gasteiger partial charge in [0.2, 0.25) is 5.91 Å². The van der Waals surface area contributed by atoms with Crippen molar-refractivity contribution in [2.45, 2.75) is 30.7 Å². The van der Waals surface area contributed by atoms with Crippen LogP contribution < -0.4 is 10.6 Å². The van der Waals surface area contributed by atoms with Gasteiger partial charge in [-0.05, 0) is 25.0 Å². The SMILES string of the molecule is O=C(CC1CCC(Cl)CN1)Nc1ccccc1. The molecule has 1 fully saturated rings. The Morgan fingerprint density at radius 2 is 2.12 bits per heavy atom. The average Bonchev–Trinajstić information content (AvgIpc) is 2.33. The Balaban J connectivity index is 1.78. The Hall–Kier alpha value is -1.06. The predicted octanol–water partition coefficient (Wildman–Crippen LogP) is 2.37. The number of halogens is 1. The molecular formula is C13H17ClN2O. The van der Waals surface area contributed by atoms with E-state index in [1.54, 1.807) is 0 Å². The summed E-state index contributed by atoms with van der Waals surface area (Å²) in [5.74, 6) is 0.0572. The fourth-order valence-corrected chi connectivity index (χ4v) is 2.23. The first-order chi connectivity index (χ1) is 8.24. The number of anilines is 1. The molecule has 2 atom stereocenters. The molecule has 1 heterocycles. The number of alkyl halides is 1. The summed E-state index contributed by atoms with van der Waals surface area (Å²) in [5, 5.41) is 6.39. The summed E-state index contributed by atoms with van der Waals surface area (Å²) in [7, 11) is 0. The molecule has 17 heavy (non-hydrogen) atoms. The minimum absolute atomic E-state index is 0.0572. The maximum Gasteiger partial charge on any atom is 0.225 e. The number of hydrogen-bond acceptors (Lipinski definition) is 2. The second-order valence-corrected chi connectivity index (χ2v) is 5.02. The number of benzene rings is 1. The van der Waals surface area contributed by atoms with Crippen LogP contribution in [0.3, 0.4) is 0 Å². The third kappa shape index (κ3) is 4.02. The minimum atomic E-state index is 0.0572. The molecule has 0 aliphatic carbocycles. The van der Waals surface area contributed by atoms with Crippen LogP contribution in [0.25, 0.3) is 0 Å². The first kappa shape index (κ1) is 12.4. The van der Waals surface area contributed by atoms with Gasteiger partial charge in [0.1, 0.15) is 0 Å². The first-order valence-corrected chi connectivity index (χ1v) is 6.40. The van der Waals surface area contributed by atoms with Crippen LogP contribution in [-0.2, 0) is 4.79 Å². The molecule has 4 heteroatoms. The standard InChI is InChI=1S/C13H17ClN2O/c14-10-6-7-12(15-9-10)8-13(17)16-11-4-2-1-3-5-11/h1-5,10,12,15H,6-9H2,(H,16,17). The number of nitrogens with one attached hydrogen (secondary N) is 2. The fourth-order valence-electron chi connectivity index (χ4n) is 2.01. The Labute approximate surface area is 107 Å². The van der Waals surface area contributed by atoms with E-state index in [1.165, 1.54) is 0 Å². The highest BCUT2D eigenvalue weighted by molar-refractivity contribution is 6.20. The highest BCUT2D eigenvalue weighted by atomic mass is 35.5. The van der Waals surface area contributed by atoms with Crippen molar-refractivity contribution in [2.75, 3.05) is 11.9 Å². The molecule has 1 amide bonds. The van der Waals surface area contributed by atoms with Gasteiger partial charge in [-0.25, -0.2) is 0 Å². The fraction of sp³-hybridized carbons (Fsp3) is 0.462. The molecule has 0 saturated carbocycles. The zero-order valence-electron chi connectivity index (χ0n) is 9.66. The molecule has 1 aliphatic heterocycles. The van der Waals surface area contributed by atoms with E-state index >= 15 is 0 Å². The first-order valence-electron chi connectivity index (χ1n) is 5.96. The van der Waals surface area contributed by atoms with Crippen LogP contribution in [0, 0.1) is 0 Å². The Morgan fingerprint density at radius 1 is 1.35 bits per heavy atom. The van der Waals surface area contributed by atoms with E-state index in [-0.39, 0.29) is 17.3 Å². The summed E-state index contributed by atoms with van der Waals surface area (Å²) in [5.41, 5.74) is 0.850. The van der Waals surface area contributed by atoms with Crippen molar-refractivity contribution in [3.63, 3.8) is 0 Å². The molecule has 0 bridgehead atoms. The maximum atomic E-state index is 11.8. The topological polar surface area (TPSA) is 41.1 Å². The second kappa shape index (κ2) is 6.03. The third-order valence-electron chi connectivity index (χ3n) is 2.95. The van der Waals surface area contributed by atoms with Crippen LogP contribution >= 0.6 is 11.6 Å². The molecule has 2 unspecified atom stereocenters. The van der Waals surface area contributed by atoms with Gasteiger partial charge in [-0.1, -0.05) is 18.2 Å². The Bertz CT molecular complexity index is 361. The van der Waals surface area contributed by atoms with E-state index in [0.29, 0.717) is 6.42 Å². The molecule has 1 aromatic rings. The summed E-state index contributed by atoms with van der Waals surface area (Å²) >= 11 is 5.99. The number of amides is 1. The molecule has 0 radical (unpaired) electrons. The monoisotopic (exact) mass is 252 g/mol. The number of para-hydroxylation sites is 1. The second-order valence-electron chi connectivity index (χ2n) is 4.40. The zero-order chi connectivity index (χ0) is 12.1. The van der Waals surface area contributed by atoms with Gasteiger partial charge in [0.05, 0.1) is 0 Å². The summed E-state index contributed by atoms with van der Waals surface area (Å²) in [6, 6.07) is 9.79. The van der Waals surface area contributed by atoms with Gasteiger partial charge < -0.3 is 10.6 Å². The molecule has 2 N–H and O–H groups in total. The summed E-state index contributed by atoms with van der Waals surface area (Å²) in [6.45, 7) is 0.796. The number of carbonyl (C=O) groups excluding carboxylic acids is 1. The van der Waals surface area contributed by atoms with Gasteiger partial charge in [0, 0.05) is 30.1 Å². The van der Waals surface area contributed by atoms with Crippen molar-refractivity contribution < 1.29 is 4.79 Å². The maximum absolute atomic E-state index is 11.8. The number of piperidine rings is 1. The lowest BCUT2D eigenvalue weighted by Gasteiger charge is -2.26. The molecule has 3 nitrogen and oxygen atoms in total. The Kier molecular flexibility index (Phi) is 4.40. The van der Waals surface area contributed by atoms with Gasteiger partial charge in [-0.2, -0.15) is 0 Å². The lowest BCUT2D eigenvalue weighted by Crippen LogP contribution is -2.41. The van der Waals surface area contributed by atoms with Gasteiger partial charge in [-0.15, -0.1) is 11.6 Å². The molecule has 1 aromatic carbocycles. The summed E-state index contributed by atoms with van der Waals surface area (Å²) in [4.78, 5) is 11.8. The number of carbonyl (C=O) groups is 1. The highest BCUT2D eigenvalue weighted by Gasteiger charge is 2.20. The van der Waals surface area contributed by atoms with E-state index in [0.717, 1.165) is 25.1 Å². The van der Waals surface area contributed by atoms with Crippen molar-refractivity contribution in [1.82, 2.24) is 5.32 Å². The molecule has 1 aliphatic rings. The minimum Gasteiger partial charge on any atom is -0.326 e. The van der Waals surface area contributed by atoms with Crippen molar-refractivity contribution in [3.8, 4) is 0 Å². The van der Waals surface area contributed by atoms with E-state index < -0.39 is 0 Å². The molecular weight excluding hydrogens is 236 g/mol. The third-order valence-corrected chi connectivity index (χ3v) is 3.32. The highest BCUT2D eigenvalue weighted by Crippen LogP contribution is 2.15. The quantitative estimate of drug-likeness (QED) is 0.811. The van der Waals surface area contributed by atoms with E-state index in [2.05, 4.69) is 10.6 Å². The largest absolute Gasteiger partial charge is 0.326 e. The predicted molar refractivity (Wildman–Crippen MR) is 70.4 cm³/mol. The van der Waals surface area contributed by atoms with Crippen LogP contribution in [0.15, 0.2) is 30.3 Å². The van der Waals surface area contributed by atoms with Gasteiger partial charge in [0.15, 0.2) is 0 Å². The van der Waals surface area contributed by atoms with E-state index in [4.69, 9.17) is 11.6 Å². The lowest BCUT2D eigenvalue weighted by atomic mass is 10.0. The van der Waals surface area contributed by atoms with E-state index in [1.807, 2.05) is 30.3 Å². The van der Waals surface area contributed by atoms with Crippen LogP contribution in [0.4, 0.5) is 5.69 Å². The van der Waals surface area contributed by atoms with Gasteiger partial charge in [-0.3, -0.25) is 4.79 Å². The van der Waals surface area contributed by atoms with Crippen LogP contribution in [0.2, 0.25) is 0 Å². The molecule has 0 aromatic heterocycles. The van der Waals surface area contributed by atoms with Crippen molar-refractivity contribution in [1.29, 1.82) is 0 Å². The lowest BCUT2D eigenvalue weighted by molar-refractivity contribution is -0.116. The zero-order valence-corrected chi connectivity index (χ0v) is 10.4. The number of rotatable bonds is 3. The smallest absolute Gasteiger partial charge is 0.225 e. The van der Waals surface area contributed by atoms with Crippen LogP contribution in [0.5, 0.6) is 0 Å². The number of hydrogen-bond donors (Lipinski definition) is 2. The van der Waals surface area contributed by atoms with Crippen molar-refractivity contribution in [2.24, 2.45) is 0 Å². The summed E-state index contributed by atoms with van der Waals surface area (Å²) in [6.07, 6.45) is 2.46. The molecule has 0 spiro atoms. The Morgan fingerprint density at radius 3 is 2.76 bits per heavy atom. The van der Waals surface area contributed by atoms with Gasteiger partial charge >= 0.3 is 0 Å². The molecule has 1 saturated heterocycles.